The lowest BCUT2D eigenvalue weighted by Crippen LogP contribution is -2.68. The van der Waals surface area contributed by atoms with Crippen LogP contribution in [-0.4, -0.2) is 45.9 Å². The van der Waals surface area contributed by atoms with Crippen LogP contribution in [0.2, 0.25) is 5.04 Å². The van der Waals surface area contributed by atoms with Crippen LogP contribution in [0.1, 0.15) is 27.2 Å². The molecule has 0 saturated carbocycles. The van der Waals surface area contributed by atoms with Crippen LogP contribution in [-0.2, 0) is 22.8 Å². The molecule has 0 fully saturated rings. The van der Waals surface area contributed by atoms with Crippen molar-refractivity contribution in [2.45, 2.75) is 38.3 Å². The van der Waals surface area contributed by atoms with E-state index in [0.717, 1.165) is 10.4 Å². The van der Waals surface area contributed by atoms with Crippen molar-refractivity contribution in [1.29, 1.82) is 0 Å². The number of aliphatic carboxylic acids is 1. The zero-order valence-corrected chi connectivity index (χ0v) is 20.1. The minimum Gasteiger partial charge on any atom is -0.481 e. The molecular formula is C22H31O6PSi. The second-order valence-electron chi connectivity index (χ2n) is 8.16. The van der Waals surface area contributed by atoms with Gasteiger partial charge in [0.1, 0.15) is 0 Å². The first kappa shape index (κ1) is 24.5. The quantitative estimate of drug-likeness (QED) is 0.437. The van der Waals surface area contributed by atoms with Crippen molar-refractivity contribution in [1.82, 2.24) is 0 Å². The fourth-order valence-corrected chi connectivity index (χ4v) is 9.72. The zero-order chi connectivity index (χ0) is 22.4. The van der Waals surface area contributed by atoms with Gasteiger partial charge in [0.25, 0.3) is 8.32 Å². The number of carboxylic acids is 1. The first-order valence-corrected chi connectivity index (χ1v) is 13.4. The van der Waals surface area contributed by atoms with Gasteiger partial charge in [-0.25, -0.2) is 0 Å². The third-order valence-electron chi connectivity index (χ3n) is 5.15. The summed E-state index contributed by atoms with van der Waals surface area (Å²) in [7, 11) is -3.89. The van der Waals surface area contributed by atoms with Crippen molar-refractivity contribution in [2.75, 3.05) is 20.4 Å². The van der Waals surface area contributed by atoms with Gasteiger partial charge in [0, 0.05) is 14.2 Å². The standard InChI is InChI=1S/C22H31O6PSi/c1-22(2,3)30(19-12-8-6-9-13-19,20-14-10-7-11-15-20)28-18(16-21(23)24)17-29(25,26-4)27-5/h6-15,18H,16-17H2,1-5H3,(H,23,24). The van der Waals surface area contributed by atoms with E-state index in [1.165, 1.54) is 14.2 Å². The maximum atomic E-state index is 12.8. The van der Waals surface area contributed by atoms with E-state index in [9.17, 15) is 14.5 Å². The SMILES string of the molecule is COP(=O)(CC(CC(=O)O)O[Si](c1ccccc1)(c1ccccc1)C(C)(C)C)OC. The number of benzene rings is 2. The molecule has 0 bridgehead atoms. The summed E-state index contributed by atoms with van der Waals surface area (Å²) in [6.07, 6.45) is -1.29. The van der Waals surface area contributed by atoms with Gasteiger partial charge in [-0.15, -0.1) is 0 Å². The summed E-state index contributed by atoms with van der Waals surface area (Å²) in [4.78, 5) is 11.6. The van der Waals surface area contributed by atoms with Crippen molar-refractivity contribution in [3.63, 3.8) is 0 Å². The predicted molar refractivity (Wildman–Crippen MR) is 121 cm³/mol. The molecule has 1 atom stereocenters. The third-order valence-corrected chi connectivity index (χ3v) is 12.2. The smallest absolute Gasteiger partial charge is 0.332 e. The lowest BCUT2D eigenvalue weighted by atomic mass is 10.2. The summed E-state index contributed by atoms with van der Waals surface area (Å²) in [5, 5.41) is 11.2. The minimum absolute atomic E-state index is 0.142. The summed E-state index contributed by atoms with van der Waals surface area (Å²) in [6, 6.07) is 19.8. The normalized spacial score (nSPS) is 13.8. The molecule has 0 aliphatic carbocycles. The van der Waals surface area contributed by atoms with Crippen molar-refractivity contribution in [2.24, 2.45) is 0 Å². The van der Waals surface area contributed by atoms with Crippen molar-refractivity contribution < 1.29 is 27.9 Å². The predicted octanol–water partition coefficient (Wildman–Crippen LogP) is 3.89. The molecule has 1 N–H and O–H groups in total. The molecule has 164 valence electrons. The third kappa shape index (κ3) is 5.48. The highest BCUT2D eigenvalue weighted by Crippen LogP contribution is 2.48. The van der Waals surface area contributed by atoms with Gasteiger partial charge in [0.2, 0.25) is 0 Å². The zero-order valence-electron chi connectivity index (χ0n) is 18.2. The van der Waals surface area contributed by atoms with Crippen molar-refractivity contribution in [3.8, 4) is 0 Å². The number of hydrogen-bond acceptors (Lipinski definition) is 5. The van der Waals surface area contributed by atoms with E-state index in [4.69, 9.17) is 13.5 Å². The molecule has 0 aliphatic heterocycles. The van der Waals surface area contributed by atoms with Gasteiger partial charge in [-0.1, -0.05) is 81.4 Å². The molecule has 2 rings (SSSR count). The molecule has 2 aromatic rings. The molecule has 1 unspecified atom stereocenters. The Kier molecular flexibility index (Phi) is 8.19. The van der Waals surface area contributed by atoms with E-state index in [-0.39, 0.29) is 17.6 Å². The van der Waals surface area contributed by atoms with E-state index in [0.29, 0.717) is 0 Å². The van der Waals surface area contributed by atoms with Crippen molar-refractivity contribution >= 4 is 32.3 Å². The van der Waals surface area contributed by atoms with Crippen LogP contribution < -0.4 is 10.4 Å². The van der Waals surface area contributed by atoms with Gasteiger partial charge >= 0.3 is 13.6 Å². The van der Waals surface area contributed by atoms with Gasteiger partial charge in [0.15, 0.2) is 0 Å². The van der Waals surface area contributed by atoms with Gasteiger partial charge in [-0.2, -0.15) is 0 Å². The number of rotatable bonds is 10. The number of carboxylic acid groups (broad SMARTS) is 1. The second kappa shape index (κ2) is 10.0. The van der Waals surface area contributed by atoms with Gasteiger partial charge in [0.05, 0.1) is 18.7 Å². The van der Waals surface area contributed by atoms with E-state index < -0.39 is 28.0 Å². The van der Waals surface area contributed by atoms with E-state index in [1.807, 2.05) is 60.7 Å². The summed E-state index contributed by atoms with van der Waals surface area (Å²) in [5.74, 6) is -1.03. The molecule has 0 aliphatic rings. The molecule has 0 radical (unpaired) electrons. The van der Waals surface area contributed by atoms with Crippen LogP contribution >= 0.6 is 7.60 Å². The Morgan fingerprint density at radius 1 is 0.967 bits per heavy atom. The Hall–Kier alpha value is -1.76. The molecular weight excluding hydrogens is 419 g/mol. The number of hydrogen-bond donors (Lipinski definition) is 1. The molecule has 0 amide bonds. The van der Waals surface area contributed by atoms with Gasteiger partial charge in [-0.3, -0.25) is 9.36 Å². The molecule has 0 saturated heterocycles. The molecule has 0 spiro atoms. The maximum Gasteiger partial charge on any atom is 0.332 e. The summed E-state index contributed by atoms with van der Waals surface area (Å²) < 4.78 is 29.8. The Balaban J connectivity index is 2.68. The van der Waals surface area contributed by atoms with Crippen molar-refractivity contribution in [3.05, 3.63) is 60.7 Å². The average Bonchev–Trinajstić information content (AvgIpc) is 2.71. The lowest BCUT2D eigenvalue weighted by molar-refractivity contribution is -0.138. The summed E-state index contributed by atoms with van der Waals surface area (Å²) in [5.41, 5.74) is 0. The molecule has 8 heteroatoms. The highest BCUT2D eigenvalue weighted by Gasteiger charge is 2.52. The van der Waals surface area contributed by atoms with Crippen LogP contribution in [0.25, 0.3) is 0 Å². The van der Waals surface area contributed by atoms with Crippen LogP contribution in [0.3, 0.4) is 0 Å². The molecule has 6 nitrogen and oxygen atoms in total. The monoisotopic (exact) mass is 450 g/mol. The first-order valence-electron chi connectivity index (χ1n) is 9.79. The molecule has 0 aromatic heterocycles. The van der Waals surface area contributed by atoms with Crippen LogP contribution in [0.15, 0.2) is 60.7 Å². The Morgan fingerprint density at radius 2 is 1.40 bits per heavy atom. The average molecular weight is 451 g/mol. The van der Waals surface area contributed by atoms with Crippen LogP contribution in [0, 0.1) is 0 Å². The Bertz CT molecular complexity index is 819. The highest BCUT2D eigenvalue weighted by atomic mass is 31.2. The fraction of sp³-hybridized carbons (Fsp3) is 0.409. The first-order chi connectivity index (χ1) is 14.1. The second-order valence-corrected chi connectivity index (χ2v) is 14.7. The topological polar surface area (TPSA) is 82.1 Å². The highest BCUT2D eigenvalue weighted by molar-refractivity contribution is 7.53. The maximum absolute atomic E-state index is 12.8. The minimum atomic E-state index is -3.48. The molecule has 0 heterocycles. The van der Waals surface area contributed by atoms with Gasteiger partial charge in [-0.05, 0) is 15.4 Å². The fourth-order valence-electron chi connectivity index (χ4n) is 3.75. The van der Waals surface area contributed by atoms with Gasteiger partial charge < -0.3 is 18.6 Å². The summed E-state index contributed by atoms with van der Waals surface area (Å²) >= 11 is 0. The Labute approximate surface area is 179 Å². The summed E-state index contributed by atoms with van der Waals surface area (Å²) in [6.45, 7) is 6.30. The van der Waals surface area contributed by atoms with Crippen LogP contribution in [0.4, 0.5) is 0 Å². The van der Waals surface area contributed by atoms with Crippen LogP contribution in [0.5, 0.6) is 0 Å². The molecule has 30 heavy (non-hydrogen) atoms. The molecule has 2 aromatic carbocycles. The largest absolute Gasteiger partial charge is 0.481 e. The van der Waals surface area contributed by atoms with E-state index in [1.54, 1.807) is 0 Å². The van der Waals surface area contributed by atoms with E-state index in [2.05, 4.69) is 20.8 Å². The Morgan fingerprint density at radius 3 is 1.73 bits per heavy atom. The lowest BCUT2D eigenvalue weighted by Gasteiger charge is -2.45. The van der Waals surface area contributed by atoms with E-state index >= 15 is 0 Å². The number of carbonyl (C=O) groups is 1.